The summed E-state index contributed by atoms with van der Waals surface area (Å²) in [5, 5.41) is 0. The van der Waals surface area contributed by atoms with Crippen LogP contribution in [0.4, 0.5) is 0 Å². The minimum absolute atomic E-state index is 0.0882. The summed E-state index contributed by atoms with van der Waals surface area (Å²) in [7, 11) is 0. The van der Waals surface area contributed by atoms with Crippen LogP contribution in [0.1, 0.15) is 175 Å². The number of ether oxygens (including phenoxy) is 3. The van der Waals surface area contributed by atoms with Crippen molar-refractivity contribution in [1.82, 2.24) is 0 Å². The van der Waals surface area contributed by atoms with E-state index in [4.69, 9.17) is 14.2 Å². The van der Waals surface area contributed by atoms with Crippen LogP contribution in [-0.2, 0) is 28.6 Å². The Bertz CT molecular complexity index is 1230. The van der Waals surface area contributed by atoms with Gasteiger partial charge in [-0.05, 0) is 83.5 Å². The molecule has 0 aliphatic carbocycles. The summed E-state index contributed by atoms with van der Waals surface area (Å²) >= 11 is 0. The molecule has 0 spiro atoms. The molecule has 1 unspecified atom stereocenters. The molecule has 0 aliphatic rings. The van der Waals surface area contributed by atoms with Gasteiger partial charge in [0.15, 0.2) is 6.10 Å². The SMILES string of the molecule is CC/C=C\C/C=C\C/C=C\C/C=C\C/C=C\CC(=O)OC(COC(=O)CCCCCC/C=C\C/C=C\C/C=C\C/C=C\CC)COC(=O)CCCCCCCCC. The summed E-state index contributed by atoms with van der Waals surface area (Å²) in [4.78, 5) is 37.6. The Morgan fingerprint density at radius 1 is 0.386 bits per heavy atom. The van der Waals surface area contributed by atoms with Gasteiger partial charge in [0.25, 0.3) is 0 Å². The number of hydrogen-bond acceptors (Lipinski definition) is 6. The van der Waals surface area contributed by atoms with Crippen molar-refractivity contribution < 1.29 is 28.6 Å². The summed E-state index contributed by atoms with van der Waals surface area (Å²) in [6.45, 7) is 6.22. The third-order valence-corrected chi connectivity index (χ3v) is 8.81. The first-order chi connectivity index (χ1) is 28.0. The fourth-order valence-electron chi connectivity index (χ4n) is 5.51. The van der Waals surface area contributed by atoms with Crippen LogP contribution in [0, 0.1) is 0 Å². The van der Waals surface area contributed by atoms with Gasteiger partial charge >= 0.3 is 17.9 Å². The van der Waals surface area contributed by atoms with Crippen LogP contribution < -0.4 is 0 Å². The smallest absolute Gasteiger partial charge is 0.310 e. The second kappa shape index (κ2) is 44.8. The van der Waals surface area contributed by atoms with E-state index in [1.54, 1.807) is 6.08 Å². The highest BCUT2D eigenvalue weighted by atomic mass is 16.6. The molecule has 0 aromatic rings. The van der Waals surface area contributed by atoms with E-state index in [2.05, 4.69) is 118 Å². The van der Waals surface area contributed by atoms with Gasteiger partial charge in [0, 0.05) is 12.8 Å². The molecule has 0 N–H and O–H groups in total. The maximum atomic E-state index is 12.6. The first-order valence-corrected chi connectivity index (χ1v) is 22.4. The van der Waals surface area contributed by atoms with Gasteiger partial charge in [-0.3, -0.25) is 14.4 Å². The van der Waals surface area contributed by atoms with Crippen LogP contribution in [0.25, 0.3) is 0 Å². The lowest BCUT2D eigenvalue weighted by Gasteiger charge is -2.18. The van der Waals surface area contributed by atoms with E-state index in [1.807, 2.05) is 6.08 Å². The molecule has 6 heteroatoms. The zero-order valence-corrected chi connectivity index (χ0v) is 36.3. The first kappa shape index (κ1) is 53.1. The number of allylic oxidation sites excluding steroid dienone is 17. The molecule has 57 heavy (non-hydrogen) atoms. The molecule has 1 atom stereocenters. The van der Waals surface area contributed by atoms with Gasteiger partial charge in [-0.15, -0.1) is 0 Å². The van der Waals surface area contributed by atoms with E-state index in [0.717, 1.165) is 103 Å². The van der Waals surface area contributed by atoms with Crippen LogP contribution >= 0.6 is 0 Å². The number of carbonyl (C=O) groups excluding carboxylic acids is 3. The molecule has 0 saturated carbocycles. The highest BCUT2D eigenvalue weighted by Crippen LogP contribution is 2.11. The van der Waals surface area contributed by atoms with Crippen LogP contribution in [0.2, 0.25) is 0 Å². The van der Waals surface area contributed by atoms with Crippen molar-refractivity contribution in [1.29, 1.82) is 0 Å². The van der Waals surface area contributed by atoms with Crippen LogP contribution in [0.15, 0.2) is 109 Å². The fourth-order valence-corrected chi connectivity index (χ4v) is 5.51. The van der Waals surface area contributed by atoms with E-state index in [9.17, 15) is 14.4 Å². The Morgan fingerprint density at radius 2 is 0.737 bits per heavy atom. The minimum Gasteiger partial charge on any atom is -0.462 e. The molecule has 0 amide bonds. The van der Waals surface area contributed by atoms with Crippen LogP contribution in [0.5, 0.6) is 0 Å². The molecule has 6 nitrogen and oxygen atoms in total. The van der Waals surface area contributed by atoms with E-state index >= 15 is 0 Å². The predicted octanol–water partition coefficient (Wildman–Crippen LogP) is 14.4. The van der Waals surface area contributed by atoms with Crippen molar-refractivity contribution in [3.63, 3.8) is 0 Å². The molecule has 0 aromatic heterocycles. The molecule has 320 valence electrons. The molecule has 0 bridgehead atoms. The number of hydrogen-bond donors (Lipinski definition) is 0. The molecule has 0 heterocycles. The summed E-state index contributed by atoms with van der Waals surface area (Å²) < 4.78 is 16.5. The van der Waals surface area contributed by atoms with Gasteiger partial charge in [0.05, 0.1) is 6.42 Å². The van der Waals surface area contributed by atoms with Crippen molar-refractivity contribution in [2.24, 2.45) is 0 Å². The first-order valence-electron chi connectivity index (χ1n) is 22.4. The maximum Gasteiger partial charge on any atom is 0.310 e. The quantitative estimate of drug-likeness (QED) is 0.0268. The second-order valence-electron chi connectivity index (χ2n) is 14.2. The summed E-state index contributed by atoms with van der Waals surface area (Å²) in [5.41, 5.74) is 0. The number of rotatable bonds is 38. The van der Waals surface area contributed by atoms with E-state index in [0.29, 0.717) is 19.3 Å². The standard InChI is InChI=1S/C51H80O6/c1-4-7-10-13-16-18-20-22-24-25-27-28-30-32-35-38-41-44-50(53)56-47-48(46-55-49(52)43-40-37-34-15-12-9-6-3)57-51(54)45-42-39-36-33-31-29-26-23-21-19-17-14-11-8-5-2/h7-8,10-11,16-19,22-24,26-28,31,33,39,42,48H,4-6,9,12-15,20-21,25,29-30,32,34-38,40-41,43-47H2,1-3H3/b10-7-,11-8-,18-16-,19-17-,24-22-,26-23-,28-27-,33-31-,42-39-. The van der Waals surface area contributed by atoms with Crippen LogP contribution in [0.3, 0.4) is 0 Å². The van der Waals surface area contributed by atoms with Gasteiger partial charge < -0.3 is 14.2 Å². The maximum absolute atomic E-state index is 12.6. The summed E-state index contributed by atoms with van der Waals surface area (Å²) in [6.07, 6.45) is 59.6. The van der Waals surface area contributed by atoms with E-state index in [-0.39, 0.29) is 31.6 Å². The molecular formula is C51H80O6. The monoisotopic (exact) mass is 789 g/mol. The topological polar surface area (TPSA) is 78.9 Å². The number of esters is 3. The van der Waals surface area contributed by atoms with Crippen LogP contribution in [-0.4, -0.2) is 37.2 Å². The average Bonchev–Trinajstić information content (AvgIpc) is 3.21. The largest absolute Gasteiger partial charge is 0.462 e. The van der Waals surface area contributed by atoms with Crippen molar-refractivity contribution in [2.75, 3.05) is 13.2 Å². The Kier molecular flexibility index (Phi) is 41.7. The Labute approximate surface area is 349 Å². The lowest BCUT2D eigenvalue weighted by molar-refractivity contribution is -0.166. The Hall–Kier alpha value is -3.93. The van der Waals surface area contributed by atoms with Crippen molar-refractivity contribution in [3.8, 4) is 0 Å². The van der Waals surface area contributed by atoms with E-state index in [1.165, 1.54) is 25.7 Å². The van der Waals surface area contributed by atoms with Gasteiger partial charge in [0.2, 0.25) is 0 Å². The zero-order valence-electron chi connectivity index (χ0n) is 36.3. The van der Waals surface area contributed by atoms with Gasteiger partial charge in [-0.2, -0.15) is 0 Å². The summed E-state index contributed by atoms with van der Waals surface area (Å²) in [5.74, 6) is -1.10. The minimum atomic E-state index is -0.840. The normalized spacial score (nSPS) is 13.1. The van der Waals surface area contributed by atoms with Crippen molar-refractivity contribution in [2.45, 2.75) is 181 Å². The molecular weight excluding hydrogens is 709 g/mol. The molecule has 0 fully saturated rings. The highest BCUT2D eigenvalue weighted by molar-refractivity contribution is 5.72. The second-order valence-corrected chi connectivity index (χ2v) is 14.2. The third-order valence-electron chi connectivity index (χ3n) is 8.81. The molecule has 0 radical (unpaired) electrons. The Morgan fingerprint density at radius 3 is 1.16 bits per heavy atom. The predicted molar refractivity (Wildman–Crippen MR) is 242 cm³/mol. The lowest BCUT2D eigenvalue weighted by atomic mass is 10.1. The van der Waals surface area contributed by atoms with E-state index < -0.39 is 12.1 Å². The third kappa shape index (κ3) is 43.0. The Balaban J connectivity index is 4.51. The highest BCUT2D eigenvalue weighted by Gasteiger charge is 2.19. The van der Waals surface area contributed by atoms with Crippen molar-refractivity contribution >= 4 is 17.9 Å². The molecule has 0 aliphatic heterocycles. The van der Waals surface area contributed by atoms with Gasteiger partial charge in [0.1, 0.15) is 13.2 Å². The lowest BCUT2D eigenvalue weighted by Crippen LogP contribution is -2.30. The molecule has 0 rings (SSSR count). The summed E-state index contributed by atoms with van der Waals surface area (Å²) in [6, 6.07) is 0. The molecule has 0 aromatic carbocycles. The number of unbranched alkanes of at least 4 members (excludes halogenated alkanes) is 10. The van der Waals surface area contributed by atoms with Crippen molar-refractivity contribution in [3.05, 3.63) is 109 Å². The number of carbonyl (C=O) groups is 3. The zero-order chi connectivity index (χ0) is 41.5. The van der Waals surface area contributed by atoms with Gasteiger partial charge in [-0.25, -0.2) is 0 Å². The van der Waals surface area contributed by atoms with Gasteiger partial charge in [-0.1, -0.05) is 182 Å². The average molecular weight is 789 g/mol. The fraction of sp³-hybridized carbons (Fsp3) is 0.588. The molecule has 0 saturated heterocycles.